The fourth-order valence-electron chi connectivity index (χ4n) is 6.41. The molecule has 0 aliphatic heterocycles. The second kappa shape index (κ2) is 11.7. The van der Waals surface area contributed by atoms with Crippen LogP contribution in [-0.4, -0.2) is 19.9 Å². The first kappa shape index (κ1) is 27.8. The van der Waals surface area contributed by atoms with Gasteiger partial charge in [-0.05, 0) is 40.4 Å². The summed E-state index contributed by atoms with van der Waals surface area (Å²) in [7, 11) is 0. The molecule has 0 atom stereocenters. The van der Waals surface area contributed by atoms with E-state index >= 15 is 0 Å². The lowest BCUT2D eigenvalue weighted by molar-refractivity contribution is 1.18. The largest absolute Gasteiger partial charge is 0.228 e. The molecule has 2 heterocycles. The Bertz CT molecular complexity index is 2540. The van der Waals surface area contributed by atoms with Gasteiger partial charge in [0.15, 0.2) is 11.6 Å². The summed E-state index contributed by atoms with van der Waals surface area (Å²) in [5, 5.41) is 5.47. The Labute approximate surface area is 278 Å². The summed E-state index contributed by atoms with van der Waals surface area (Å²) in [4.78, 5) is 20.7. The Morgan fingerprint density at radius 1 is 0.292 bits per heavy atom. The Kier molecular flexibility index (Phi) is 6.76. The average molecular weight is 613 g/mol. The third kappa shape index (κ3) is 5.06. The Morgan fingerprint density at radius 2 is 0.812 bits per heavy atom. The van der Waals surface area contributed by atoms with Gasteiger partial charge in [0.2, 0.25) is 0 Å². The molecule has 224 valence electrons. The van der Waals surface area contributed by atoms with Crippen LogP contribution < -0.4 is 0 Å². The van der Waals surface area contributed by atoms with E-state index in [1.807, 2.05) is 42.5 Å². The summed E-state index contributed by atoms with van der Waals surface area (Å²) in [6.45, 7) is 0. The number of hydrogen-bond donors (Lipinski definition) is 0. The van der Waals surface area contributed by atoms with Crippen molar-refractivity contribution in [3.05, 3.63) is 170 Å². The lowest BCUT2D eigenvalue weighted by atomic mass is 9.99. The lowest BCUT2D eigenvalue weighted by Crippen LogP contribution is -1.97. The molecule has 4 nitrogen and oxygen atoms in total. The predicted octanol–water partition coefficient (Wildman–Crippen LogP) is 11.1. The summed E-state index contributed by atoms with van der Waals surface area (Å²) >= 11 is 0. The topological polar surface area (TPSA) is 51.6 Å². The van der Waals surface area contributed by atoms with E-state index in [2.05, 4.69) is 127 Å². The summed E-state index contributed by atoms with van der Waals surface area (Å²) in [5.74, 6) is 1.36. The smallest absolute Gasteiger partial charge is 0.160 e. The van der Waals surface area contributed by atoms with Gasteiger partial charge >= 0.3 is 0 Å². The third-order valence-electron chi connectivity index (χ3n) is 8.86. The van der Waals surface area contributed by atoms with Gasteiger partial charge in [0.1, 0.15) is 0 Å². The Morgan fingerprint density at radius 3 is 1.48 bits per heavy atom. The maximum Gasteiger partial charge on any atom is 0.160 e. The molecule has 0 radical (unpaired) electrons. The van der Waals surface area contributed by atoms with Gasteiger partial charge < -0.3 is 0 Å². The minimum absolute atomic E-state index is 0.668. The van der Waals surface area contributed by atoms with Gasteiger partial charge in [-0.15, -0.1) is 0 Å². The van der Waals surface area contributed by atoms with Crippen molar-refractivity contribution in [2.75, 3.05) is 0 Å². The van der Waals surface area contributed by atoms with Crippen LogP contribution in [-0.2, 0) is 0 Å². The van der Waals surface area contributed by atoms with Crippen LogP contribution in [0.5, 0.6) is 0 Å². The highest BCUT2D eigenvalue weighted by Crippen LogP contribution is 2.36. The van der Waals surface area contributed by atoms with Crippen LogP contribution >= 0.6 is 0 Å². The average Bonchev–Trinajstić information content (AvgIpc) is 3.18. The fraction of sp³-hybridized carbons (Fsp3) is 0. The van der Waals surface area contributed by atoms with Gasteiger partial charge in [0.25, 0.3) is 0 Å². The lowest BCUT2D eigenvalue weighted by Gasteiger charge is -2.13. The van der Waals surface area contributed by atoms with Crippen LogP contribution in [0.4, 0.5) is 0 Å². The third-order valence-corrected chi connectivity index (χ3v) is 8.86. The zero-order valence-electron chi connectivity index (χ0n) is 26.0. The molecule has 0 saturated carbocycles. The van der Waals surface area contributed by atoms with Gasteiger partial charge in [-0.25, -0.2) is 19.9 Å². The SMILES string of the molecule is c1ccc(-c2cc(-c3ccccc3)nc(-c3ccc4ccc5c(-c6ccccc6)nc(-c6ccc7ccccc7c6)nc5c4c3)n2)cc1. The molecular formula is C44H28N4. The van der Waals surface area contributed by atoms with Gasteiger partial charge in [0.05, 0.1) is 22.6 Å². The van der Waals surface area contributed by atoms with Crippen molar-refractivity contribution in [2.45, 2.75) is 0 Å². The maximum atomic E-state index is 5.28. The van der Waals surface area contributed by atoms with Gasteiger partial charge in [-0.2, -0.15) is 0 Å². The van der Waals surface area contributed by atoms with Gasteiger partial charge in [-0.1, -0.05) is 146 Å². The standard InChI is InChI=1S/C44H28N4/c1-4-13-31(14-5-1)39-28-40(32-15-6-2-7-16-32)46-43(45-39)36-23-21-30-24-25-37-41(33-17-8-3-9-18-33)47-44(48-42(37)38(30)27-36)35-22-20-29-12-10-11-19-34(29)26-35/h1-28H. The second-order valence-electron chi connectivity index (χ2n) is 11.9. The number of nitrogens with zero attached hydrogens (tertiary/aromatic N) is 4. The van der Waals surface area contributed by atoms with Crippen molar-refractivity contribution in [3.63, 3.8) is 0 Å². The fourth-order valence-corrected chi connectivity index (χ4v) is 6.41. The first-order valence-electron chi connectivity index (χ1n) is 16.1. The van der Waals surface area contributed by atoms with Crippen LogP contribution in [0.2, 0.25) is 0 Å². The number of benzene rings is 7. The van der Waals surface area contributed by atoms with E-state index in [9.17, 15) is 0 Å². The van der Waals surface area contributed by atoms with E-state index < -0.39 is 0 Å². The van der Waals surface area contributed by atoms with E-state index in [-0.39, 0.29) is 0 Å². The molecule has 9 aromatic rings. The molecule has 0 N–H and O–H groups in total. The molecule has 7 aromatic carbocycles. The van der Waals surface area contributed by atoms with Crippen LogP contribution in [0, 0.1) is 0 Å². The van der Waals surface area contributed by atoms with E-state index in [1.54, 1.807) is 0 Å². The second-order valence-corrected chi connectivity index (χ2v) is 11.9. The minimum Gasteiger partial charge on any atom is -0.228 e. The summed E-state index contributed by atoms with van der Waals surface area (Å²) in [6, 6.07) is 58.6. The summed E-state index contributed by atoms with van der Waals surface area (Å²) in [5.41, 5.74) is 8.61. The molecule has 0 amide bonds. The van der Waals surface area contributed by atoms with E-state index in [0.29, 0.717) is 11.6 Å². The van der Waals surface area contributed by atoms with Crippen molar-refractivity contribution < 1.29 is 0 Å². The van der Waals surface area contributed by atoms with Crippen LogP contribution in [0.25, 0.3) is 89.0 Å². The quantitative estimate of drug-likeness (QED) is 0.181. The maximum absolute atomic E-state index is 5.28. The monoisotopic (exact) mass is 612 g/mol. The van der Waals surface area contributed by atoms with E-state index in [0.717, 1.165) is 72.0 Å². The van der Waals surface area contributed by atoms with Gasteiger partial charge in [-0.3, -0.25) is 0 Å². The highest BCUT2D eigenvalue weighted by Gasteiger charge is 2.16. The van der Waals surface area contributed by atoms with Gasteiger partial charge in [0, 0.05) is 38.6 Å². The predicted molar refractivity (Wildman–Crippen MR) is 197 cm³/mol. The summed E-state index contributed by atoms with van der Waals surface area (Å²) in [6.07, 6.45) is 0. The van der Waals surface area contributed by atoms with Crippen LogP contribution in [0.15, 0.2) is 170 Å². The highest BCUT2D eigenvalue weighted by atomic mass is 14.9. The molecule has 0 bridgehead atoms. The van der Waals surface area contributed by atoms with Crippen LogP contribution in [0.3, 0.4) is 0 Å². The highest BCUT2D eigenvalue weighted by molar-refractivity contribution is 6.10. The first-order valence-corrected chi connectivity index (χ1v) is 16.1. The molecule has 0 aliphatic rings. The Balaban J connectivity index is 1.29. The van der Waals surface area contributed by atoms with E-state index in [4.69, 9.17) is 19.9 Å². The zero-order chi connectivity index (χ0) is 31.9. The molecule has 0 spiro atoms. The molecule has 0 fully saturated rings. The number of rotatable bonds is 5. The van der Waals surface area contributed by atoms with Crippen LogP contribution in [0.1, 0.15) is 0 Å². The molecule has 2 aromatic heterocycles. The number of hydrogen-bond acceptors (Lipinski definition) is 4. The minimum atomic E-state index is 0.668. The number of fused-ring (bicyclic) bond motifs is 4. The van der Waals surface area contributed by atoms with Crippen molar-refractivity contribution in [1.82, 2.24) is 19.9 Å². The van der Waals surface area contributed by atoms with Crippen molar-refractivity contribution in [1.29, 1.82) is 0 Å². The molecule has 0 unspecified atom stereocenters. The van der Waals surface area contributed by atoms with Crippen molar-refractivity contribution >= 4 is 32.4 Å². The Hall–Kier alpha value is -6.52. The van der Waals surface area contributed by atoms with E-state index in [1.165, 1.54) is 5.39 Å². The molecule has 48 heavy (non-hydrogen) atoms. The zero-order valence-corrected chi connectivity index (χ0v) is 26.0. The molecule has 4 heteroatoms. The summed E-state index contributed by atoms with van der Waals surface area (Å²) < 4.78 is 0. The first-order chi connectivity index (χ1) is 23.8. The molecule has 0 aliphatic carbocycles. The van der Waals surface area contributed by atoms with Crippen molar-refractivity contribution in [2.24, 2.45) is 0 Å². The molecule has 9 rings (SSSR count). The van der Waals surface area contributed by atoms with Crippen molar-refractivity contribution in [3.8, 4) is 56.5 Å². The number of aromatic nitrogens is 4. The normalized spacial score (nSPS) is 11.3. The molecule has 0 saturated heterocycles. The molecular weight excluding hydrogens is 585 g/mol.